The van der Waals surface area contributed by atoms with Gasteiger partial charge in [-0.05, 0) is 23.8 Å². The molecule has 1 atom stereocenters. The van der Waals surface area contributed by atoms with Crippen LogP contribution in [0.1, 0.15) is 17.2 Å². The van der Waals surface area contributed by atoms with E-state index in [0.717, 1.165) is 11.1 Å². The van der Waals surface area contributed by atoms with E-state index in [2.05, 4.69) is 11.8 Å². The summed E-state index contributed by atoms with van der Waals surface area (Å²) in [5.41, 5.74) is 1.59. The van der Waals surface area contributed by atoms with Crippen molar-refractivity contribution in [2.75, 3.05) is 0 Å². The lowest BCUT2D eigenvalue weighted by molar-refractivity contribution is 0.238. The second kappa shape index (κ2) is 5.54. The third-order valence-corrected chi connectivity index (χ3v) is 2.53. The van der Waals surface area contributed by atoms with E-state index in [1.54, 1.807) is 12.1 Å². The first kappa shape index (κ1) is 11.7. The molecule has 0 saturated heterocycles. The number of halogens is 1. The molecular formula is C15H11ClO. The molecule has 84 valence electrons. The van der Waals surface area contributed by atoms with Gasteiger partial charge in [-0.1, -0.05) is 59.8 Å². The van der Waals surface area contributed by atoms with E-state index < -0.39 is 6.10 Å². The lowest BCUT2D eigenvalue weighted by Gasteiger charge is -2.01. The fourth-order valence-corrected chi connectivity index (χ4v) is 1.63. The summed E-state index contributed by atoms with van der Waals surface area (Å²) in [6.45, 7) is 0. The van der Waals surface area contributed by atoms with Crippen LogP contribution in [0.5, 0.6) is 0 Å². The maximum Gasteiger partial charge on any atom is 0.140 e. The Bertz CT molecular complexity index is 552. The molecule has 0 radical (unpaired) electrons. The second-order valence-corrected chi connectivity index (χ2v) is 4.03. The molecule has 0 heterocycles. The summed E-state index contributed by atoms with van der Waals surface area (Å²) in [6.07, 6.45) is -0.768. The Labute approximate surface area is 106 Å². The summed E-state index contributed by atoms with van der Waals surface area (Å²) in [6, 6.07) is 16.6. The van der Waals surface area contributed by atoms with Gasteiger partial charge in [-0.2, -0.15) is 0 Å². The van der Waals surface area contributed by atoms with Crippen molar-refractivity contribution in [1.82, 2.24) is 0 Å². The normalized spacial score (nSPS) is 11.4. The van der Waals surface area contributed by atoms with Crippen LogP contribution in [-0.4, -0.2) is 5.11 Å². The smallest absolute Gasteiger partial charge is 0.140 e. The maximum absolute atomic E-state index is 9.84. The molecule has 0 aromatic heterocycles. The van der Waals surface area contributed by atoms with E-state index in [-0.39, 0.29) is 0 Å². The molecule has 2 heteroatoms. The molecule has 0 amide bonds. The average molecular weight is 243 g/mol. The number of benzene rings is 2. The molecule has 0 saturated carbocycles. The minimum absolute atomic E-state index is 0.644. The quantitative estimate of drug-likeness (QED) is 0.760. The Hall–Kier alpha value is -1.75. The molecule has 2 aromatic rings. The van der Waals surface area contributed by atoms with Crippen molar-refractivity contribution >= 4 is 11.6 Å². The van der Waals surface area contributed by atoms with Crippen molar-refractivity contribution < 1.29 is 5.11 Å². The molecule has 0 spiro atoms. The van der Waals surface area contributed by atoms with Gasteiger partial charge in [0.25, 0.3) is 0 Å². The Morgan fingerprint density at radius 2 is 1.76 bits per heavy atom. The van der Waals surface area contributed by atoms with E-state index in [1.807, 2.05) is 42.5 Å². The van der Waals surface area contributed by atoms with Crippen LogP contribution in [-0.2, 0) is 0 Å². The molecule has 1 N–H and O–H groups in total. The van der Waals surface area contributed by atoms with E-state index in [1.165, 1.54) is 0 Å². The Morgan fingerprint density at radius 1 is 1.00 bits per heavy atom. The van der Waals surface area contributed by atoms with Crippen molar-refractivity contribution in [2.24, 2.45) is 0 Å². The molecule has 0 bridgehead atoms. The lowest BCUT2D eigenvalue weighted by atomic mass is 10.1. The van der Waals surface area contributed by atoms with Crippen LogP contribution in [0.2, 0.25) is 5.02 Å². The predicted octanol–water partition coefficient (Wildman–Crippen LogP) is 3.43. The molecule has 2 aromatic carbocycles. The third kappa shape index (κ3) is 3.35. The van der Waals surface area contributed by atoms with Crippen LogP contribution in [0.25, 0.3) is 0 Å². The molecule has 0 fully saturated rings. The molecule has 0 aliphatic heterocycles. The highest BCUT2D eigenvalue weighted by molar-refractivity contribution is 6.30. The van der Waals surface area contributed by atoms with E-state index in [4.69, 9.17) is 11.6 Å². The summed E-state index contributed by atoms with van der Waals surface area (Å²) in [7, 11) is 0. The molecule has 2 rings (SSSR count). The van der Waals surface area contributed by atoms with Crippen molar-refractivity contribution in [3.8, 4) is 11.8 Å². The number of hydrogen-bond acceptors (Lipinski definition) is 1. The van der Waals surface area contributed by atoms with Gasteiger partial charge in [-0.3, -0.25) is 0 Å². The van der Waals surface area contributed by atoms with Gasteiger partial charge in [0, 0.05) is 10.6 Å². The van der Waals surface area contributed by atoms with Crippen molar-refractivity contribution in [3.63, 3.8) is 0 Å². The van der Waals surface area contributed by atoms with Gasteiger partial charge in [0.15, 0.2) is 0 Å². The highest BCUT2D eigenvalue weighted by Crippen LogP contribution is 2.12. The van der Waals surface area contributed by atoms with Crippen LogP contribution in [0.3, 0.4) is 0 Å². The van der Waals surface area contributed by atoms with Gasteiger partial charge in [-0.15, -0.1) is 0 Å². The van der Waals surface area contributed by atoms with Crippen LogP contribution in [0, 0.1) is 11.8 Å². The van der Waals surface area contributed by atoms with Crippen molar-refractivity contribution in [1.29, 1.82) is 0 Å². The minimum atomic E-state index is -0.768. The number of hydrogen-bond donors (Lipinski definition) is 1. The summed E-state index contributed by atoms with van der Waals surface area (Å²) in [4.78, 5) is 0. The second-order valence-electron chi connectivity index (χ2n) is 3.59. The highest BCUT2D eigenvalue weighted by Gasteiger charge is 2.00. The maximum atomic E-state index is 9.84. The minimum Gasteiger partial charge on any atom is -0.376 e. The first-order valence-electron chi connectivity index (χ1n) is 5.26. The standard InChI is InChI=1S/C15H11ClO/c16-14-8-4-5-12(11-14)9-10-15(17)13-6-2-1-3-7-13/h1-8,11,15,17H/t15-/m0/s1. The Morgan fingerprint density at radius 3 is 2.47 bits per heavy atom. The van der Waals surface area contributed by atoms with Gasteiger partial charge < -0.3 is 5.11 Å². The first-order chi connectivity index (χ1) is 8.25. The van der Waals surface area contributed by atoms with Crippen LogP contribution in [0.15, 0.2) is 54.6 Å². The van der Waals surface area contributed by atoms with E-state index in [9.17, 15) is 5.11 Å². The summed E-state index contributed by atoms with van der Waals surface area (Å²) >= 11 is 5.85. The zero-order valence-corrected chi connectivity index (χ0v) is 9.85. The largest absolute Gasteiger partial charge is 0.376 e. The van der Waals surface area contributed by atoms with Crippen molar-refractivity contribution in [2.45, 2.75) is 6.10 Å². The van der Waals surface area contributed by atoms with Crippen molar-refractivity contribution in [3.05, 3.63) is 70.7 Å². The Balaban J connectivity index is 2.17. The van der Waals surface area contributed by atoms with Gasteiger partial charge in [0.05, 0.1) is 0 Å². The van der Waals surface area contributed by atoms with Gasteiger partial charge in [-0.25, -0.2) is 0 Å². The zero-order valence-electron chi connectivity index (χ0n) is 9.10. The van der Waals surface area contributed by atoms with Crippen LogP contribution < -0.4 is 0 Å². The van der Waals surface area contributed by atoms with Crippen LogP contribution >= 0.6 is 11.6 Å². The first-order valence-corrected chi connectivity index (χ1v) is 5.63. The molecule has 0 unspecified atom stereocenters. The molecular weight excluding hydrogens is 232 g/mol. The Kier molecular flexibility index (Phi) is 3.82. The molecule has 17 heavy (non-hydrogen) atoms. The van der Waals surface area contributed by atoms with Gasteiger partial charge >= 0.3 is 0 Å². The lowest BCUT2D eigenvalue weighted by Crippen LogP contribution is -1.92. The van der Waals surface area contributed by atoms with Crippen LogP contribution in [0.4, 0.5) is 0 Å². The van der Waals surface area contributed by atoms with E-state index in [0.29, 0.717) is 5.02 Å². The molecule has 1 nitrogen and oxygen atoms in total. The molecule has 0 aliphatic carbocycles. The summed E-state index contributed by atoms with van der Waals surface area (Å²) in [5.74, 6) is 5.69. The predicted molar refractivity (Wildman–Crippen MR) is 69.7 cm³/mol. The number of aliphatic hydroxyl groups is 1. The number of aliphatic hydroxyl groups excluding tert-OH is 1. The summed E-state index contributed by atoms with van der Waals surface area (Å²) < 4.78 is 0. The SMILES string of the molecule is O[C@@H](C#Cc1cccc(Cl)c1)c1ccccc1. The van der Waals surface area contributed by atoms with Gasteiger partial charge in [0.2, 0.25) is 0 Å². The fraction of sp³-hybridized carbons (Fsp3) is 0.0667. The topological polar surface area (TPSA) is 20.2 Å². The third-order valence-electron chi connectivity index (χ3n) is 2.29. The zero-order chi connectivity index (χ0) is 12.1. The monoisotopic (exact) mass is 242 g/mol. The average Bonchev–Trinajstić information content (AvgIpc) is 2.37. The highest BCUT2D eigenvalue weighted by atomic mass is 35.5. The fourth-order valence-electron chi connectivity index (χ4n) is 1.44. The summed E-state index contributed by atoms with van der Waals surface area (Å²) in [5, 5.41) is 10.5. The van der Waals surface area contributed by atoms with E-state index >= 15 is 0 Å². The number of rotatable bonds is 1. The molecule has 0 aliphatic rings. The van der Waals surface area contributed by atoms with Gasteiger partial charge in [0.1, 0.15) is 6.10 Å².